The number of fused-ring (bicyclic) bond motifs is 10. The topological polar surface area (TPSA) is 0 Å². The summed E-state index contributed by atoms with van der Waals surface area (Å²) >= 11 is 0. The van der Waals surface area contributed by atoms with Crippen molar-refractivity contribution in [3.63, 3.8) is 0 Å². The van der Waals surface area contributed by atoms with Crippen LogP contribution in [0.15, 0.2) is 194 Å². The smallest absolute Gasteiger partial charge is 0.00201 e. The monoisotopic (exact) mass is 680 g/mol. The molecule has 0 fully saturated rings. The largest absolute Gasteiger partial charge is 0.0616 e. The van der Waals surface area contributed by atoms with Crippen LogP contribution in [0.1, 0.15) is 0 Å². The van der Waals surface area contributed by atoms with Crippen LogP contribution in [0.3, 0.4) is 0 Å². The summed E-state index contributed by atoms with van der Waals surface area (Å²) in [5.41, 5.74) is 12.9. The highest BCUT2D eigenvalue weighted by Crippen LogP contribution is 2.49. The van der Waals surface area contributed by atoms with E-state index in [1.54, 1.807) is 0 Å². The molecule has 248 valence electrons. The van der Waals surface area contributed by atoms with E-state index in [0.29, 0.717) is 0 Å². The van der Waals surface area contributed by atoms with Gasteiger partial charge in [-0.15, -0.1) is 0 Å². The zero-order chi connectivity index (χ0) is 35.3. The Morgan fingerprint density at radius 2 is 0.704 bits per heavy atom. The maximum atomic E-state index is 2.41. The first-order chi connectivity index (χ1) is 26.8. The van der Waals surface area contributed by atoms with Crippen molar-refractivity contribution >= 4 is 64.6 Å². The van der Waals surface area contributed by atoms with E-state index in [0.717, 1.165) is 0 Å². The van der Waals surface area contributed by atoms with E-state index in [1.165, 1.54) is 120 Å². The number of benzene rings is 11. The summed E-state index contributed by atoms with van der Waals surface area (Å²) in [6.45, 7) is 0. The van der Waals surface area contributed by atoms with Gasteiger partial charge >= 0.3 is 0 Å². The molecule has 0 N–H and O–H groups in total. The summed E-state index contributed by atoms with van der Waals surface area (Å²) in [5, 5.41) is 15.4. The second kappa shape index (κ2) is 11.2. The Bertz CT molecular complexity index is 3350. The van der Waals surface area contributed by atoms with Crippen LogP contribution in [0.4, 0.5) is 0 Å². The van der Waals surface area contributed by atoms with Crippen molar-refractivity contribution in [3.8, 4) is 55.6 Å². The van der Waals surface area contributed by atoms with Crippen molar-refractivity contribution in [2.75, 3.05) is 0 Å². The molecule has 0 saturated carbocycles. The molecule has 0 atom stereocenters. The fourth-order valence-electron chi connectivity index (χ4n) is 9.46. The first kappa shape index (κ1) is 29.5. The maximum Gasteiger partial charge on any atom is -0.00201 e. The number of hydrogen-bond donors (Lipinski definition) is 0. The second-order valence-electron chi connectivity index (χ2n) is 14.8. The van der Waals surface area contributed by atoms with Gasteiger partial charge in [0, 0.05) is 0 Å². The lowest BCUT2D eigenvalue weighted by Gasteiger charge is -2.16. The predicted octanol–water partition coefficient (Wildman–Crippen LogP) is 15.3. The summed E-state index contributed by atoms with van der Waals surface area (Å²) in [6.07, 6.45) is 0. The molecule has 0 aliphatic heterocycles. The Labute approximate surface area is 313 Å². The molecule has 11 aromatic rings. The lowest BCUT2D eigenvalue weighted by molar-refractivity contribution is 1.65. The Kier molecular flexibility index (Phi) is 6.15. The minimum absolute atomic E-state index is 1.23. The molecule has 0 bridgehead atoms. The molecule has 0 heteroatoms. The van der Waals surface area contributed by atoms with Crippen LogP contribution in [0.5, 0.6) is 0 Å². The third-order valence-electron chi connectivity index (χ3n) is 11.9. The Morgan fingerprint density at radius 1 is 0.185 bits per heavy atom. The predicted molar refractivity (Wildman–Crippen MR) is 232 cm³/mol. The average Bonchev–Trinajstić information content (AvgIpc) is 3.57. The molecule has 0 spiro atoms. The van der Waals surface area contributed by atoms with Crippen molar-refractivity contribution in [2.24, 2.45) is 0 Å². The zero-order valence-corrected chi connectivity index (χ0v) is 29.5. The van der Waals surface area contributed by atoms with Crippen molar-refractivity contribution in [1.82, 2.24) is 0 Å². The molecular formula is C54H32. The highest BCUT2D eigenvalue weighted by Gasteiger charge is 2.22. The van der Waals surface area contributed by atoms with Gasteiger partial charge in [0.1, 0.15) is 0 Å². The van der Waals surface area contributed by atoms with Crippen molar-refractivity contribution < 1.29 is 0 Å². The van der Waals surface area contributed by atoms with E-state index < -0.39 is 0 Å². The van der Waals surface area contributed by atoms with E-state index in [-0.39, 0.29) is 0 Å². The third-order valence-corrected chi connectivity index (χ3v) is 11.9. The minimum Gasteiger partial charge on any atom is -0.0616 e. The zero-order valence-electron chi connectivity index (χ0n) is 29.5. The molecule has 0 heterocycles. The van der Waals surface area contributed by atoms with Gasteiger partial charge in [0.25, 0.3) is 0 Å². The van der Waals surface area contributed by atoms with Gasteiger partial charge in [0.05, 0.1) is 0 Å². The fraction of sp³-hybridized carbons (Fsp3) is 0. The van der Waals surface area contributed by atoms with Gasteiger partial charge < -0.3 is 0 Å². The molecule has 0 radical (unpaired) electrons. The average molecular weight is 681 g/mol. The van der Waals surface area contributed by atoms with Crippen molar-refractivity contribution in [3.05, 3.63) is 194 Å². The molecule has 0 aromatic heterocycles. The summed E-state index contributed by atoms with van der Waals surface area (Å²) in [4.78, 5) is 0. The van der Waals surface area contributed by atoms with Gasteiger partial charge in [0.2, 0.25) is 0 Å². The number of hydrogen-bond acceptors (Lipinski definition) is 0. The van der Waals surface area contributed by atoms with Gasteiger partial charge in [-0.1, -0.05) is 164 Å². The lowest BCUT2D eigenvalue weighted by atomic mass is 9.87. The quantitative estimate of drug-likeness (QED) is 0.163. The SMILES string of the molecule is c1ccc2c(c1)-c1cccc3c(-c4ccc5cc(-c6cc(-c7cc8ccc9ccccc9c8c8ccccc78)cc7ccccc67)ccc5c4)ccc-2c13. The molecule has 1 aliphatic rings. The fourth-order valence-corrected chi connectivity index (χ4v) is 9.46. The van der Waals surface area contributed by atoms with Crippen molar-refractivity contribution in [2.45, 2.75) is 0 Å². The van der Waals surface area contributed by atoms with Gasteiger partial charge in [-0.25, -0.2) is 0 Å². The van der Waals surface area contributed by atoms with Crippen LogP contribution < -0.4 is 0 Å². The van der Waals surface area contributed by atoms with E-state index in [1.807, 2.05) is 0 Å². The molecule has 54 heavy (non-hydrogen) atoms. The third kappa shape index (κ3) is 4.26. The molecule has 0 nitrogen and oxygen atoms in total. The maximum absolute atomic E-state index is 2.41. The Balaban J connectivity index is 1.01. The first-order valence-electron chi connectivity index (χ1n) is 18.8. The van der Waals surface area contributed by atoms with Crippen LogP contribution in [0, 0.1) is 0 Å². The van der Waals surface area contributed by atoms with Gasteiger partial charge in [-0.2, -0.15) is 0 Å². The van der Waals surface area contributed by atoms with Crippen LogP contribution in [0.2, 0.25) is 0 Å². The van der Waals surface area contributed by atoms with E-state index >= 15 is 0 Å². The standard InChI is InChI=1S/C54H32/c1-4-13-43-33(10-1)20-25-39-31-52(46-16-7-8-17-48(46)53(39)43)40-30-36-11-2-3-12-41(36)51(32-40)38-24-22-34-28-37(23-21-35(34)29-38)42-26-27-50-45-15-6-5-14-44(45)49-19-9-18-47(42)54(49)50/h1-32H. The second-order valence-corrected chi connectivity index (χ2v) is 14.8. The number of rotatable bonds is 3. The molecule has 1 aliphatic carbocycles. The molecule has 0 unspecified atom stereocenters. The first-order valence-corrected chi connectivity index (χ1v) is 18.8. The Morgan fingerprint density at radius 3 is 1.50 bits per heavy atom. The highest BCUT2D eigenvalue weighted by atomic mass is 14.3. The lowest BCUT2D eigenvalue weighted by Crippen LogP contribution is -1.89. The molecule has 12 rings (SSSR count). The summed E-state index contributed by atoms with van der Waals surface area (Å²) in [5.74, 6) is 0. The summed E-state index contributed by atoms with van der Waals surface area (Å²) < 4.78 is 0. The van der Waals surface area contributed by atoms with Crippen LogP contribution in [-0.4, -0.2) is 0 Å². The van der Waals surface area contributed by atoms with E-state index in [4.69, 9.17) is 0 Å². The highest BCUT2D eigenvalue weighted by molar-refractivity contribution is 6.24. The summed E-state index contributed by atoms with van der Waals surface area (Å²) in [6, 6.07) is 72.4. The normalized spacial score (nSPS) is 12.1. The van der Waals surface area contributed by atoms with Gasteiger partial charge in [0.15, 0.2) is 0 Å². The van der Waals surface area contributed by atoms with Gasteiger partial charge in [-0.3, -0.25) is 0 Å². The minimum atomic E-state index is 1.23. The van der Waals surface area contributed by atoms with Crippen LogP contribution in [0.25, 0.3) is 120 Å². The summed E-state index contributed by atoms with van der Waals surface area (Å²) in [7, 11) is 0. The van der Waals surface area contributed by atoms with E-state index in [9.17, 15) is 0 Å². The van der Waals surface area contributed by atoms with Crippen LogP contribution in [-0.2, 0) is 0 Å². The van der Waals surface area contributed by atoms with Crippen molar-refractivity contribution in [1.29, 1.82) is 0 Å². The Hall–Kier alpha value is -7.02. The van der Waals surface area contributed by atoms with Gasteiger partial charge in [-0.05, 0) is 151 Å². The molecule has 11 aromatic carbocycles. The molecule has 0 saturated heterocycles. The molecule has 0 amide bonds. The van der Waals surface area contributed by atoms with E-state index in [2.05, 4.69) is 194 Å². The molecular weight excluding hydrogens is 649 g/mol. The van der Waals surface area contributed by atoms with Crippen LogP contribution >= 0.6 is 0 Å².